The first-order chi connectivity index (χ1) is 11.4. The maximum atomic E-state index is 12.7. The number of ether oxygens (including phenoxy) is 1. The molecule has 2 aromatic carbocycles. The summed E-state index contributed by atoms with van der Waals surface area (Å²) >= 11 is 5.97. The van der Waals surface area contributed by atoms with Crippen LogP contribution in [-0.2, 0) is 4.74 Å². The van der Waals surface area contributed by atoms with Gasteiger partial charge in [-0.25, -0.2) is 4.79 Å². The fourth-order valence-electron chi connectivity index (χ4n) is 2.51. The number of esters is 1. The minimum absolute atomic E-state index is 0.282. The van der Waals surface area contributed by atoms with Gasteiger partial charge in [0.1, 0.15) is 6.10 Å². The summed E-state index contributed by atoms with van der Waals surface area (Å²) in [7, 11) is 4.01. The second-order valence-corrected chi connectivity index (χ2v) is 6.72. The van der Waals surface area contributed by atoms with E-state index in [4.69, 9.17) is 16.3 Å². The van der Waals surface area contributed by atoms with Crippen molar-refractivity contribution < 1.29 is 9.53 Å². The van der Waals surface area contributed by atoms with Gasteiger partial charge in [0.2, 0.25) is 0 Å². The number of benzene rings is 2. The lowest BCUT2D eigenvalue weighted by Gasteiger charge is -2.21. The van der Waals surface area contributed by atoms with Gasteiger partial charge in [-0.15, -0.1) is 0 Å². The SMILES string of the molecule is Cc1cccc(C(=O)O[C@@H](CCN(C)C)c2ccc(Cl)cc2)c1C. The fourth-order valence-corrected chi connectivity index (χ4v) is 2.64. The normalized spacial score (nSPS) is 12.2. The summed E-state index contributed by atoms with van der Waals surface area (Å²) in [5.74, 6) is -0.282. The second kappa shape index (κ2) is 8.32. The molecule has 0 aliphatic carbocycles. The molecular formula is C20H24ClNO2. The Bertz CT molecular complexity index is 695. The lowest BCUT2D eigenvalue weighted by molar-refractivity contribution is 0.0260. The largest absolute Gasteiger partial charge is 0.454 e. The summed E-state index contributed by atoms with van der Waals surface area (Å²) < 4.78 is 5.84. The molecule has 0 heterocycles. The number of hydrogen-bond donors (Lipinski definition) is 0. The smallest absolute Gasteiger partial charge is 0.339 e. The van der Waals surface area contributed by atoms with E-state index in [2.05, 4.69) is 4.90 Å². The maximum Gasteiger partial charge on any atom is 0.339 e. The molecule has 0 fully saturated rings. The van der Waals surface area contributed by atoms with E-state index in [-0.39, 0.29) is 12.1 Å². The third-order valence-electron chi connectivity index (χ3n) is 4.15. The molecule has 0 aliphatic rings. The third-order valence-corrected chi connectivity index (χ3v) is 4.41. The molecule has 0 saturated carbocycles. The Labute approximate surface area is 149 Å². The van der Waals surface area contributed by atoms with E-state index in [0.29, 0.717) is 10.6 Å². The highest BCUT2D eigenvalue weighted by atomic mass is 35.5. The summed E-state index contributed by atoms with van der Waals surface area (Å²) in [4.78, 5) is 14.7. The van der Waals surface area contributed by atoms with Gasteiger partial charge in [-0.2, -0.15) is 0 Å². The molecule has 2 aromatic rings. The second-order valence-electron chi connectivity index (χ2n) is 6.28. The molecule has 0 aliphatic heterocycles. The Hall–Kier alpha value is -1.84. The number of hydrogen-bond acceptors (Lipinski definition) is 3. The minimum atomic E-state index is -0.294. The van der Waals surface area contributed by atoms with Gasteiger partial charge in [-0.1, -0.05) is 35.9 Å². The highest BCUT2D eigenvalue weighted by Crippen LogP contribution is 2.25. The molecule has 0 N–H and O–H groups in total. The quantitative estimate of drug-likeness (QED) is 0.704. The molecule has 0 spiro atoms. The van der Waals surface area contributed by atoms with Crippen molar-refractivity contribution in [3.8, 4) is 0 Å². The van der Waals surface area contributed by atoms with Crippen LogP contribution >= 0.6 is 11.6 Å². The highest BCUT2D eigenvalue weighted by molar-refractivity contribution is 6.30. The van der Waals surface area contributed by atoms with Gasteiger partial charge in [0, 0.05) is 18.0 Å². The predicted molar refractivity (Wildman–Crippen MR) is 98.7 cm³/mol. The van der Waals surface area contributed by atoms with Gasteiger partial charge in [0.15, 0.2) is 0 Å². The Kier molecular flexibility index (Phi) is 6.41. The molecule has 1 atom stereocenters. The average Bonchev–Trinajstić information content (AvgIpc) is 2.54. The Morgan fingerprint density at radius 3 is 2.42 bits per heavy atom. The zero-order valence-corrected chi connectivity index (χ0v) is 15.4. The van der Waals surface area contributed by atoms with Crippen LogP contribution in [0.3, 0.4) is 0 Å². The van der Waals surface area contributed by atoms with Gasteiger partial charge >= 0.3 is 5.97 Å². The van der Waals surface area contributed by atoms with Gasteiger partial charge in [-0.3, -0.25) is 0 Å². The van der Waals surface area contributed by atoms with Crippen LogP contribution in [0, 0.1) is 13.8 Å². The van der Waals surface area contributed by atoms with Crippen molar-refractivity contribution in [2.45, 2.75) is 26.4 Å². The lowest BCUT2D eigenvalue weighted by Crippen LogP contribution is -2.20. The minimum Gasteiger partial charge on any atom is -0.454 e. The number of nitrogens with zero attached hydrogens (tertiary/aromatic N) is 1. The van der Waals surface area contributed by atoms with Crippen molar-refractivity contribution >= 4 is 17.6 Å². The van der Waals surface area contributed by atoms with E-state index < -0.39 is 0 Å². The number of rotatable bonds is 6. The van der Waals surface area contributed by atoms with Crippen molar-refractivity contribution in [3.05, 3.63) is 69.7 Å². The summed E-state index contributed by atoms with van der Waals surface area (Å²) in [6.07, 6.45) is 0.433. The van der Waals surface area contributed by atoms with Gasteiger partial charge < -0.3 is 9.64 Å². The van der Waals surface area contributed by atoms with Crippen molar-refractivity contribution in [1.29, 1.82) is 0 Å². The van der Waals surface area contributed by atoms with E-state index >= 15 is 0 Å². The fraction of sp³-hybridized carbons (Fsp3) is 0.350. The van der Waals surface area contributed by atoms with Crippen molar-refractivity contribution in [2.75, 3.05) is 20.6 Å². The van der Waals surface area contributed by atoms with Crippen LogP contribution in [0.15, 0.2) is 42.5 Å². The van der Waals surface area contributed by atoms with Crippen LogP contribution < -0.4 is 0 Å². The van der Waals surface area contributed by atoms with E-state index in [1.54, 1.807) is 0 Å². The number of halogens is 1. The molecule has 0 saturated heterocycles. The zero-order chi connectivity index (χ0) is 17.7. The topological polar surface area (TPSA) is 29.5 Å². The molecular weight excluding hydrogens is 322 g/mol. The van der Waals surface area contributed by atoms with Crippen LogP contribution in [-0.4, -0.2) is 31.5 Å². The van der Waals surface area contributed by atoms with Crippen LogP contribution in [0.2, 0.25) is 5.02 Å². The van der Waals surface area contributed by atoms with E-state index in [0.717, 1.165) is 29.7 Å². The third kappa shape index (κ3) is 4.83. The molecule has 0 radical (unpaired) electrons. The Balaban J connectivity index is 2.22. The van der Waals surface area contributed by atoms with Crippen LogP contribution in [0.25, 0.3) is 0 Å². The zero-order valence-electron chi connectivity index (χ0n) is 14.7. The molecule has 4 heteroatoms. The molecule has 2 rings (SSSR count). The molecule has 128 valence electrons. The molecule has 0 unspecified atom stereocenters. The van der Waals surface area contributed by atoms with Crippen molar-refractivity contribution in [1.82, 2.24) is 4.90 Å². The summed E-state index contributed by atoms with van der Waals surface area (Å²) in [6.45, 7) is 4.77. The van der Waals surface area contributed by atoms with Gasteiger partial charge in [-0.05, 0) is 62.8 Å². The summed E-state index contributed by atoms with van der Waals surface area (Å²) in [5.41, 5.74) is 3.63. The van der Waals surface area contributed by atoms with E-state index in [1.165, 1.54) is 0 Å². The first-order valence-corrected chi connectivity index (χ1v) is 8.43. The standard InChI is InChI=1S/C20H24ClNO2/c1-14-6-5-7-18(15(14)2)20(23)24-19(12-13-22(3)4)16-8-10-17(21)11-9-16/h5-11,19H,12-13H2,1-4H3/t19-/m0/s1. The molecule has 3 nitrogen and oxygen atoms in total. The summed E-state index contributed by atoms with van der Waals surface area (Å²) in [5, 5.41) is 0.672. The predicted octanol–water partition coefficient (Wildman–Crippen LogP) is 4.81. The van der Waals surface area contributed by atoms with Crippen LogP contribution in [0.5, 0.6) is 0 Å². The van der Waals surface area contributed by atoms with Gasteiger partial charge in [0.05, 0.1) is 5.56 Å². The Morgan fingerprint density at radius 2 is 1.79 bits per heavy atom. The highest BCUT2D eigenvalue weighted by Gasteiger charge is 2.20. The van der Waals surface area contributed by atoms with Crippen molar-refractivity contribution in [3.63, 3.8) is 0 Å². The molecule has 0 amide bonds. The maximum absolute atomic E-state index is 12.7. The number of carbonyl (C=O) groups excluding carboxylic acids is 1. The van der Waals surface area contributed by atoms with E-state index in [1.807, 2.05) is 70.4 Å². The van der Waals surface area contributed by atoms with E-state index in [9.17, 15) is 4.79 Å². The lowest BCUT2D eigenvalue weighted by atomic mass is 10.0. The molecule has 0 bridgehead atoms. The molecule has 24 heavy (non-hydrogen) atoms. The number of aryl methyl sites for hydroxylation is 1. The van der Waals surface area contributed by atoms with Crippen LogP contribution in [0.1, 0.15) is 39.6 Å². The monoisotopic (exact) mass is 345 g/mol. The molecule has 0 aromatic heterocycles. The Morgan fingerprint density at radius 1 is 1.12 bits per heavy atom. The first kappa shape index (κ1) is 18.5. The van der Waals surface area contributed by atoms with Crippen molar-refractivity contribution in [2.24, 2.45) is 0 Å². The first-order valence-electron chi connectivity index (χ1n) is 8.06. The average molecular weight is 346 g/mol. The number of carbonyl (C=O) groups is 1. The van der Waals surface area contributed by atoms with Crippen LogP contribution in [0.4, 0.5) is 0 Å². The van der Waals surface area contributed by atoms with Gasteiger partial charge in [0.25, 0.3) is 0 Å². The summed E-state index contributed by atoms with van der Waals surface area (Å²) in [6, 6.07) is 13.2.